The lowest BCUT2D eigenvalue weighted by Gasteiger charge is -2.26. The Labute approximate surface area is 188 Å². The van der Waals surface area contributed by atoms with E-state index in [9.17, 15) is 4.79 Å². The van der Waals surface area contributed by atoms with Crippen molar-refractivity contribution in [3.63, 3.8) is 0 Å². The number of amides is 1. The Morgan fingerprint density at radius 3 is 2.50 bits per heavy atom. The summed E-state index contributed by atoms with van der Waals surface area (Å²) in [5.74, 6) is 1.83. The van der Waals surface area contributed by atoms with Crippen LogP contribution in [0.3, 0.4) is 0 Å². The maximum absolute atomic E-state index is 12.8. The van der Waals surface area contributed by atoms with Gasteiger partial charge in [-0.15, -0.1) is 0 Å². The van der Waals surface area contributed by atoms with Crippen LogP contribution in [-0.2, 0) is 11.3 Å². The van der Waals surface area contributed by atoms with Gasteiger partial charge in [0.15, 0.2) is 0 Å². The zero-order valence-corrected chi connectivity index (χ0v) is 18.0. The molecule has 1 saturated heterocycles. The molecule has 1 N–H and O–H groups in total. The van der Waals surface area contributed by atoms with E-state index in [0.29, 0.717) is 30.2 Å². The molecule has 32 heavy (non-hydrogen) atoms. The first kappa shape index (κ1) is 21.9. The molecule has 1 aliphatic heterocycles. The number of nitrogens with zero attached hydrogens (tertiary/aromatic N) is 1. The van der Waals surface area contributed by atoms with Crippen molar-refractivity contribution in [1.82, 2.24) is 10.2 Å². The number of benzene rings is 3. The molecule has 1 heterocycles. The lowest BCUT2D eigenvalue weighted by molar-refractivity contribution is 0.0322. The summed E-state index contributed by atoms with van der Waals surface area (Å²) in [5, 5.41) is 2.98. The second-order valence-electron chi connectivity index (χ2n) is 7.54. The average molecular weight is 433 g/mol. The lowest BCUT2D eigenvalue weighted by atomic mass is 10.1. The summed E-state index contributed by atoms with van der Waals surface area (Å²) in [6.45, 7) is 5.38. The molecular weight excluding hydrogens is 404 g/mol. The number of carbonyl (C=O) groups is 1. The van der Waals surface area contributed by atoms with Crippen LogP contribution in [0.5, 0.6) is 17.2 Å². The highest BCUT2D eigenvalue weighted by Gasteiger charge is 2.13. The predicted octanol–water partition coefficient (Wildman–Crippen LogP) is 4.12. The monoisotopic (exact) mass is 432 g/mol. The normalized spacial score (nSPS) is 14.0. The van der Waals surface area contributed by atoms with E-state index in [1.54, 1.807) is 12.1 Å². The number of ether oxygens (including phenoxy) is 3. The largest absolute Gasteiger partial charge is 0.492 e. The minimum atomic E-state index is -0.185. The van der Waals surface area contributed by atoms with Crippen LogP contribution in [0.1, 0.15) is 15.9 Å². The zero-order valence-electron chi connectivity index (χ0n) is 18.0. The first-order valence-electron chi connectivity index (χ1n) is 10.9. The molecular formula is C26H28N2O4. The first-order chi connectivity index (χ1) is 15.8. The molecule has 0 saturated carbocycles. The van der Waals surface area contributed by atoms with Crippen molar-refractivity contribution in [2.75, 3.05) is 39.5 Å². The molecule has 1 fully saturated rings. The van der Waals surface area contributed by atoms with E-state index in [1.165, 1.54) is 0 Å². The molecule has 0 aromatic heterocycles. The molecule has 6 heteroatoms. The fourth-order valence-electron chi connectivity index (χ4n) is 3.50. The smallest absolute Gasteiger partial charge is 0.255 e. The summed E-state index contributed by atoms with van der Waals surface area (Å²) >= 11 is 0. The second kappa shape index (κ2) is 11.3. The summed E-state index contributed by atoms with van der Waals surface area (Å²) in [6.07, 6.45) is 0. The molecule has 1 aliphatic rings. The van der Waals surface area contributed by atoms with E-state index in [-0.39, 0.29) is 5.91 Å². The minimum absolute atomic E-state index is 0.185. The van der Waals surface area contributed by atoms with E-state index in [2.05, 4.69) is 10.2 Å². The third-order valence-corrected chi connectivity index (χ3v) is 5.23. The highest BCUT2D eigenvalue weighted by molar-refractivity contribution is 5.97. The quantitative estimate of drug-likeness (QED) is 0.551. The highest BCUT2D eigenvalue weighted by Crippen LogP contribution is 2.25. The van der Waals surface area contributed by atoms with Gasteiger partial charge in [-0.2, -0.15) is 0 Å². The van der Waals surface area contributed by atoms with Crippen LogP contribution in [0.2, 0.25) is 0 Å². The SMILES string of the molecule is O=C(NCc1cccc(OCCN2CCOCC2)c1)c1ccccc1Oc1ccccc1. The molecule has 1 amide bonds. The van der Waals surface area contributed by atoms with Crippen molar-refractivity contribution < 1.29 is 19.0 Å². The van der Waals surface area contributed by atoms with Crippen LogP contribution in [0.4, 0.5) is 0 Å². The Morgan fingerprint density at radius 1 is 0.906 bits per heavy atom. The van der Waals surface area contributed by atoms with Gasteiger partial charge in [0, 0.05) is 26.2 Å². The zero-order chi connectivity index (χ0) is 22.0. The van der Waals surface area contributed by atoms with E-state index < -0.39 is 0 Å². The van der Waals surface area contributed by atoms with Gasteiger partial charge in [-0.05, 0) is 42.0 Å². The number of carbonyl (C=O) groups excluding carboxylic acids is 1. The number of rotatable bonds is 9. The van der Waals surface area contributed by atoms with Crippen LogP contribution in [0, 0.1) is 0 Å². The van der Waals surface area contributed by atoms with Crippen molar-refractivity contribution in [2.45, 2.75) is 6.54 Å². The van der Waals surface area contributed by atoms with Crippen LogP contribution in [-0.4, -0.2) is 50.3 Å². The van der Waals surface area contributed by atoms with Gasteiger partial charge in [0.2, 0.25) is 0 Å². The van der Waals surface area contributed by atoms with Crippen LogP contribution in [0.15, 0.2) is 78.9 Å². The van der Waals surface area contributed by atoms with Gasteiger partial charge < -0.3 is 19.5 Å². The van der Waals surface area contributed by atoms with Gasteiger partial charge in [0.05, 0.1) is 18.8 Å². The molecule has 0 radical (unpaired) electrons. The van der Waals surface area contributed by atoms with E-state index in [4.69, 9.17) is 14.2 Å². The fraction of sp³-hybridized carbons (Fsp3) is 0.269. The van der Waals surface area contributed by atoms with Gasteiger partial charge in [0.1, 0.15) is 23.9 Å². The number of morpholine rings is 1. The number of hydrogen-bond donors (Lipinski definition) is 1. The van der Waals surface area contributed by atoms with E-state index in [0.717, 1.165) is 44.2 Å². The molecule has 0 bridgehead atoms. The molecule has 0 spiro atoms. The number of nitrogens with one attached hydrogen (secondary N) is 1. The summed E-state index contributed by atoms with van der Waals surface area (Å²) in [6, 6.07) is 24.5. The molecule has 0 atom stereocenters. The van der Waals surface area contributed by atoms with Gasteiger partial charge in [0.25, 0.3) is 5.91 Å². The third kappa shape index (κ3) is 6.33. The average Bonchev–Trinajstić information content (AvgIpc) is 2.84. The van der Waals surface area contributed by atoms with Crippen LogP contribution >= 0.6 is 0 Å². The van der Waals surface area contributed by atoms with Gasteiger partial charge in [-0.1, -0.05) is 42.5 Å². The van der Waals surface area contributed by atoms with Crippen molar-refractivity contribution in [1.29, 1.82) is 0 Å². The van der Waals surface area contributed by atoms with E-state index in [1.807, 2.05) is 66.7 Å². The molecule has 4 rings (SSSR count). The molecule has 166 valence electrons. The highest BCUT2D eigenvalue weighted by atomic mass is 16.5. The second-order valence-corrected chi connectivity index (χ2v) is 7.54. The fourth-order valence-corrected chi connectivity index (χ4v) is 3.50. The lowest BCUT2D eigenvalue weighted by Crippen LogP contribution is -2.38. The number of para-hydroxylation sites is 2. The maximum Gasteiger partial charge on any atom is 0.255 e. The van der Waals surface area contributed by atoms with Gasteiger partial charge in [-0.25, -0.2) is 0 Å². The summed E-state index contributed by atoms with van der Waals surface area (Å²) in [7, 11) is 0. The molecule has 6 nitrogen and oxygen atoms in total. The van der Waals surface area contributed by atoms with Crippen molar-refractivity contribution in [3.05, 3.63) is 90.0 Å². The Morgan fingerprint density at radius 2 is 1.66 bits per heavy atom. The topological polar surface area (TPSA) is 60.0 Å². The predicted molar refractivity (Wildman–Crippen MR) is 123 cm³/mol. The van der Waals surface area contributed by atoms with Crippen LogP contribution in [0.25, 0.3) is 0 Å². The van der Waals surface area contributed by atoms with Crippen molar-refractivity contribution >= 4 is 5.91 Å². The Hall–Kier alpha value is -3.35. The van der Waals surface area contributed by atoms with Crippen molar-refractivity contribution in [3.8, 4) is 17.2 Å². The molecule has 3 aromatic rings. The Kier molecular flexibility index (Phi) is 7.74. The van der Waals surface area contributed by atoms with E-state index >= 15 is 0 Å². The first-order valence-corrected chi connectivity index (χ1v) is 10.9. The summed E-state index contributed by atoms with van der Waals surface area (Å²) < 4.78 is 17.2. The third-order valence-electron chi connectivity index (χ3n) is 5.23. The van der Waals surface area contributed by atoms with Gasteiger partial charge >= 0.3 is 0 Å². The standard InChI is InChI=1S/C26H28N2O4/c29-26(24-11-4-5-12-25(24)32-22-8-2-1-3-9-22)27-20-21-7-6-10-23(19-21)31-18-15-28-13-16-30-17-14-28/h1-12,19H,13-18,20H2,(H,27,29). The summed E-state index contributed by atoms with van der Waals surface area (Å²) in [5.41, 5.74) is 1.47. The summed E-state index contributed by atoms with van der Waals surface area (Å²) in [4.78, 5) is 15.2. The molecule has 0 unspecified atom stereocenters. The minimum Gasteiger partial charge on any atom is -0.492 e. The Bertz CT molecular complexity index is 1000. The van der Waals surface area contributed by atoms with Gasteiger partial charge in [-0.3, -0.25) is 9.69 Å². The Balaban J connectivity index is 1.31. The number of hydrogen-bond acceptors (Lipinski definition) is 5. The maximum atomic E-state index is 12.8. The molecule has 3 aromatic carbocycles. The van der Waals surface area contributed by atoms with Crippen molar-refractivity contribution in [2.24, 2.45) is 0 Å². The van der Waals surface area contributed by atoms with Crippen LogP contribution < -0.4 is 14.8 Å². The molecule has 0 aliphatic carbocycles.